The van der Waals surface area contributed by atoms with Gasteiger partial charge >= 0.3 is 35.8 Å². The van der Waals surface area contributed by atoms with Gasteiger partial charge in [0.15, 0.2) is 16.2 Å². The summed E-state index contributed by atoms with van der Waals surface area (Å²) < 4.78 is 31.2. The zero-order valence-corrected chi connectivity index (χ0v) is 24.4. The first-order valence-electron chi connectivity index (χ1n) is 13.5. The Balaban J connectivity index is 1.83. The molecule has 0 heterocycles. The highest BCUT2D eigenvalue weighted by atomic mass is 16.6. The van der Waals surface area contributed by atoms with E-state index in [0.717, 1.165) is 21.3 Å². The quantitative estimate of drug-likeness (QED) is 0.112. The van der Waals surface area contributed by atoms with Crippen LogP contribution in [-0.4, -0.2) is 77.0 Å². The van der Waals surface area contributed by atoms with Crippen LogP contribution in [0, 0.1) is 39.4 Å². The van der Waals surface area contributed by atoms with Crippen molar-refractivity contribution in [2.24, 2.45) is 39.4 Å². The minimum atomic E-state index is -1.55. The highest BCUT2D eigenvalue weighted by Gasteiger charge is 2.69. The number of allylic oxidation sites excluding steroid dienone is 3. The van der Waals surface area contributed by atoms with Gasteiger partial charge in [0.2, 0.25) is 0 Å². The molecule has 6 atom stereocenters. The summed E-state index contributed by atoms with van der Waals surface area (Å²) >= 11 is 0. The molecule has 230 valence electrons. The lowest BCUT2D eigenvalue weighted by molar-refractivity contribution is -0.175. The van der Waals surface area contributed by atoms with Crippen LogP contribution in [0.25, 0.3) is 0 Å². The van der Waals surface area contributed by atoms with Crippen LogP contribution in [0.5, 0.6) is 0 Å². The van der Waals surface area contributed by atoms with Crippen LogP contribution in [0.1, 0.15) is 32.6 Å². The number of rotatable bonds is 16. The van der Waals surface area contributed by atoms with E-state index in [2.05, 4.69) is 19.7 Å². The molecule has 3 fully saturated rings. The zero-order valence-electron chi connectivity index (χ0n) is 24.4. The summed E-state index contributed by atoms with van der Waals surface area (Å²) in [6, 6.07) is 0. The molecule has 0 bridgehead atoms. The van der Waals surface area contributed by atoms with Crippen LogP contribution in [-0.2, 0) is 57.2 Å². The summed E-state index contributed by atoms with van der Waals surface area (Å²) in [4.78, 5) is 76.9. The van der Waals surface area contributed by atoms with Gasteiger partial charge in [-0.05, 0) is 25.7 Å². The van der Waals surface area contributed by atoms with Gasteiger partial charge in [0.25, 0.3) is 0 Å². The molecule has 0 aromatic heterocycles. The Morgan fingerprint density at radius 2 is 0.857 bits per heavy atom. The van der Waals surface area contributed by atoms with E-state index in [1.807, 2.05) is 0 Å². The molecular weight excluding hydrogens is 552 g/mol. The summed E-state index contributed by atoms with van der Waals surface area (Å²) in [5.74, 6) is -6.37. The van der Waals surface area contributed by atoms with E-state index < -0.39 is 95.1 Å². The number of hydrogen-bond donors (Lipinski definition) is 0. The third-order valence-corrected chi connectivity index (χ3v) is 8.92. The standard InChI is InChI=1S/C30H38O12/c1-8-18-12-28(18,21(31)37-5)24(34)40-15-27(11-4,16-41-25(35)29(22(32)38-6)13-19(29)9-2)17-42-26(36)30(23(33)39-7)14-20(30)10-3/h8-10,18-20H,1-3,11-17H2,4-7H3. The molecule has 0 saturated heterocycles. The van der Waals surface area contributed by atoms with Gasteiger partial charge in [0, 0.05) is 17.8 Å². The molecule has 6 unspecified atom stereocenters. The molecule has 0 spiro atoms. The average Bonchev–Trinajstić information content (AvgIpc) is 3.93. The second-order valence-electron chi connectivity index (χ2n) is 11.1. The third kappa shape index (κ3) is 5.22. The van der Waals surface area contributed by atoms with E-state index in [9.17, 15) is 28.8 Å². The van der Waals surface area contributed by atoms with Gasteiger partial charge in [-0.2, -0.15) is 0 Å². The Hall–Kier alpha value is -3.96. The molecule has 3 aliphatic carbocycles. The molecule has 0 aliphatic heterocycles. The first-order valence-corrected chi connectivity index (χ1v) is 13.5. The number of carbonyl (C=O) groups is 6. The topological polar surface area (TPSA) is 158 Å². The third-order valence-electron chi connectivity index (χ3n) is 8.92. The monoisotopic (exact) mass is 590 g/mol. The Morgan fingerprint density at radius 1 is 0.595 bits per heavy atom. The average molecular weight is 591 g/mol. The lowest BCUT2D eigenvalue weighted by Crippen LogP contribution is -2.43. The second kappa shape index (κ2) is 12.1. The van der Waals surface area contributed by atoms with Crippen molar-refractivity contribution in [2.45, 2.75) is 32.6 Å². The number of methoxy groups -OCH3 is 3. The van der Waals surface area contributed by atoms with Crippen molar-refractivity contribution in [1.29, 1.82) is 0 Å². The first kappa shape index (κ1) is 32.6. The molecule has 42 heavy (non-hydrogen) atoms. The van der Waals surface area contributed by atoms with Gasteiger partial charge in [0.1, 0.15) is 19.8 Å². The van der Waals surface area contributed by atoms with E-state index >= 15 is 0 Å². The normalized spacial score (nSPS) is 31.6. The summed E-state index contributed by atoms with van der Waals surface area (Å²) in [6.45, 7) is 11.3. The smallest absolute Gasteiger partial charge is 0.324 e. The largest absolute Gasteiger partial charge is 0.468 e. The molecule has 12 nitrogen and oxygen atoms in total. The molecule has 3 rings (SSSR count). The zero-order chi connectivity index (χ0) is 31.5. The fourth-order valence-electron chi connectivity index (χ4n) is 5.40. The molecule has 0 radical (unpaired) electrons. The van der Waals surface area contributed by atoms with Crippen LogP contribution < -0.4 is 0 Å². The predicted octanol–water partition coefficient (Wildman–Crippen LogP) is 2.11. The second-order valence-corrected chi connectivity index (χ2v) is 11.1. The maximum absolute atomic E-state index is 13.2. The predicted molar refractivity (Wildman–Crippen MR) is 144 cm³/mol. The van der Waals surface area contributed by atoms with Crippen LogP contribution in [0.2, 0.25) is 0 Å². The van der Waals surface area contributed by atoms with Crippen molar-refractivity contribution in [1.82, 2.24) is 0 Å². The van der Waals surface area contributed by atoms with E-state index in [1.54, 1.807) is 6.92 Å². The molecule has 0 N–H and O–H groups in total. The van der Waals surface area contributed by atoms with Crippen LogP contribution in [0.15, 0.2) is 38.0 Å². The van der Waals surface area contributed by atoms with Crippen molar-refractivity contribution < 1.29 is 57.2 Å². The van der Waals surface area contributed by atoms with Gasteiger partial charge in [-0.1, -0.05) is 25.2 Å². The first-order chi connectivity index (χ1) is 19.9. The lowest BCUT2D eigenvalue weighted by atomic mass is 9.87. The van der Waals surface area contributed by atoms with Crippen LogP contribution >= 0.6 is 0 Å². The van der Waals surface area contributed by atoms with Crippen molar-refractivity contribution in [3.05, 3.63) is 38.0 Å². The summed E-state index contributed by atoms with van der Waals surface area (Å²) in [5.41, 5.74) is -5.97. The summed E-state index contributed by atoms with van der Waals surface area (Å²) in [7, 11) is 3.46. The van der Waals surface area contributed by atoms with E-state index in [4.69, 9.17) is 28.4 Å². The highest BCUT2D eigenvalue weighted by molar-refractivity contribution is 6.05. The van der Waals surface area contributed by atoms with Crippen molar-refractivity contribution in [3.63, 3.8) is 0 Å². The van der Waals surface area contributed by atoms with Gasteiger partial charge in [0.05, 0.1) is 26.7 Å². The van der Waals surface area contributed by atoms with E-state index in [1.165, 1.54) is 18.2 Å². The molecule has 0 amide bonds. The Morgan fingerprint density at radius 3 is 1.02 bits per heavy atom. The molecule has 12 heteroatoms. The lowest BCUT2D eigenvalue weighted by Gasteiger charge is -2.32. The Kier molecular flexibility index (Phi) is 9.38. The fraction of sp³-hybridized carbons (Fsp3) is 0.600. The SMILES string of the molecule is C=CC1CC1(C(=O)OC)C(=O)OCC(CC)(COC(=O)C1(C(=O)OC)CC1C=C)COC(=O)C1(C(=O)OC)CC1C=C. The van der Waals surface area contributed by atoms with Crippen LogP contribution in [0.3, 0.4) is 0 Å². The fourth-order valence-corrected chi connectivity index (χ4v) is 5.40. The molecule has 0 aromatic carbocycles. The van der Waals surface area contributed by atoms with Gasteiger partial charge < -0.3 is 28.4 Å². The highest BCUT2D eigenvalue weighted by Crippen LogP contribution is 2.57. The maximum Gasteiger partial charge on any atom is 0.324 e. The molecule has 3 aliphatic rings. The number of hydrogen-bond acceptors (Lipinski definition) is 12. The van der Waals surface area contributed by atoms with Gasteiger partial charge in [-0.3, -0.25) is 28.8 Å². The van der Waals surface area contributed by atoms with E-state index in [-0.39, 0.29) is 25.7 Å². The van der Waals surface area contributed by atoms with E-state index in [0.29, 0.717) is 0 Å². The minimum Gasteiger partial charge on any atom is -0.468 e. The van der Waals surface area contributed by atoms with Crippen molar-refractivity contribution in [2.75, 3.05) is 41.2 Å². The number of esters is 6. The molecule has 0 aromatic rings. The minimum absolute atomic E-state index is 0.153. The van der Waals surface area contributed by atoms with Crippen molar-refractivity contribution in [3.8, 4) is 0 Å². The Bertz CT molecular complexity index is 1050. The maximum atomic E-state index is 13.2. The van der Waals surface area contributed by atoms with Crippen molar-refractivity contribution >= 4 is 35.8 Å². The van der Waals surface area contributed by atoms with Gasteiger partial charge in [-0.25, -0.2) is 0 Å². The summed E-state index contributed by atoms with van der Waals surface area (Å²) in [6.07, 6.45) is 5.00. The Labute approximate surface area is 244 Å². The molecular formula is C30H38O12. The number of ether oxygens (including phenoxy) is 6. The molecule has 3 saturated carbocycles. The van der Waals surface area contributed by atoms with Gasteiger partial charge in [-0.15, -0.1) is 19.7 Å². The summed E-state index contributed by atoms with van der Waals surface area (Å²) in [5, 5.41) is 0. The number of carbonyl (C=O) groups excluding carboxylic acids is 6. The van der Waals surface area contributed by atoms with Crippen LogP contribution in [0.4, 0.5) is 0 Å².